The number of benzene rings is 2. The van der Waals surface area contributed by atoms with E-state index in [1.165, 1.54) is 11.8 Å². The topological polar surface area (TPSA) is 48.0 Å². The summed E-state index contributed by atoms with van der Waals surface area (Å²) in [7, 11) is 1.62. The molecule has 3 rings (SSSR count). The molecular weight excluding hydrogens is 394 g/mol. The second kappa shape index (κ2) is 9.61. The second-order valence-electron chi connectivity index (χ2n) is 5.87. The molecule has 28 heavy (non-hydrogen) atoms. The molecule has 146 valence electrons. The van der Waals surface area contributed by atoms with Gasteiger partial charge in [0.25, 0.3) is 5.91 Å². The minimum Gasteiger partial charge on any atom is -0.497 e. The number of hydrogen-bond donors (Lipinski definition) is 0. The number of nitrogens with zero attached hydrogens (tertiary/aromatic N) is 1. The van der Waals surface area contributed by atoms with Crippen LogP contribution in [-0.4, -0.2) is 42.0 Å². The minimum atomic E-state index is -0.0347. The minimum absolute atomic E-state index is 0.0347. The summed E-state index contributed by atoms with van der Waals surface area (Å²) < 4.78 is 17.1. The van der Waals surface area contributed by atoms with Crippen LogP contribution in [0, 0.1) is 0 Å². The molecule has 7 heteroatoms. The maximum absolute atomic E-state index is 12.3. The van der Waals surface area contributed by atoms with Gasteiger partial charge in [0.15, 0.2) is 0 Å². The number of ether oxygens (including phenoxy) is 3. The van der Waals surface area contributed by atoms with Gasteiger partial charge < -0.3 is 14.2 Å². The van der Waals surface area contributed by atoms with Gasteiger partial charge in [-0.2, -0.15) is 0 Å². The molecule has 5 nitrogen and oxygen atoms in total. The molecule has 1 heterocycles. The summed E-state index contributed by atoms with van der Waals surface area (Å²) in [5.41, 5.74) is 0.927. The summed E-state index contributed by atoms with van der Waals surface area (Å²) in [4.78, 5) is 14.5. The molecule has 2 aromatic rings. The molecular formula is C21H21NO4S2. The largest absolute Gasteiger partial charge is 0.497 e. The molecule has 0 spiro atoms. The van der Waals surface area contributed by atoms with E-state index in [9.17, 15) is 4.79 Å². The first kappa shape index (κ1) is 20.2. The lowest BCUT2D eigenvalue weighted by Crippen LogP contribution is -2.27. The van der Waals surface area contributed by atoms with E-state index in [0.717, 1.165) is 22.8 Å². The number of likely N-dealkylation sites (N-methyl/N-ethyl adjacent to an activating group) is 1. The SMILES string of the molecule is CCN1C(=O)/C(=C\c2ccc(OCCOc3cccc(OC)c3)cc2)SC1=S. The predicted molar refractivity (Wildman–Crippen MR) is 116 cm³/mol. The van der Waals surface area contributed by atoms with E-state index in [1.54, 1.807) is 12.0 Å². The molecule has 0 aromatic heterocycles. The van der Waals surface area contributed by atoms with Crippen LogP contribution in [0.15, 0.2) is 53.4 Å². The average molecular weight is 416 g/mol. The Morgan fingerprint density at radius 3 is 2.36 bits per heavy atom. The van der Waals surface area contributed by atoms with Gasteiger partial charge in [-0.05, 0) is 42.8 Å². The standard InChI is InChI=1S/C21H21NO4S2/c1-3-22-20(23)19(28-21(22)27)13-15-7-9-16(10-8-15)25-11-12-26-18-6-4-5-17(14-18)24-2/h4-10,13-14H,3,11-12H2,1-2H3/b19-13+. The summed E-state index contributed by atoms with van der Waals surface area (Å²) in [5.74, 6) is 2.20. The van der Waals surface area contributed by atoms with Crippen molar-refractivity contribution in [3.8, 4) is 17.2 Å². The molecule has 0 unspecified atom stereocenters. The lowest BCUT2D eigenvalue weighted by atomic mass is 10.2. The van der Waals surface area contributed by atoms with Crippen molar-refractivity contribution in [2.24, 2.45) is 0 Å². The van der Waals surface area contributed by atoms with Gasteiger partial charge in [-0.1, -0.05) is 42.2 Å². The fourth-order valence-corrected chi connectivity index (χ4v) is 3.98. The third-order valence-electron chi connectivity index (χ3n) is 4.03. The highest BCUT2D eigenvalue weighted by Crippen LogP contribution is 2.32. The van der Waals surface area contributed by atoms with E-state index >= 15 is 0 Å². The second-order valence-corrected chi connectivity index (χ2v) is 7.55. The van der Waals surface area contributed by atoms with Crippen LogP contribution >= 0.6 is 24.0 Å². The number of thioether (sulfide) groups is 1. The summed E-state index contributed by atoms with van der Waals surface area (Å²) in [6.45, 7) is 3.35. The van der Waals surface area contributed by atoms with Crippen LogP contribution in [0.25, 0.3) is 6.08 Å². The number of carbonyl (C=O) groups excluding carboxylic acids is 1. The van der Waals surface area contributed by atoms with E-state index in [2.05, 4.69) is 0 Å². The Morgan fingerprint density at radius 2 is 1.71 bits per heavy atom. The van der Waals surface area contributed by atoms with E-state index < -0.39 is 0 Å². The molecule has 1 fully saturated rings. The number of rotatable bonds is 8. The Morgan fingerprint density at radius 1 is 1.04 bits per heavy atom. The van der Waals surface area contributed by atoms with Gasteiger partial charge in [0.2, 0.25) is 0 Å². The molecule has 0 N–H and O–H groups in total. The monoisotopic (exact) mass is 415 g/mol. The molecule has 0 bridgehead atoms. The van der Waals surface area contributed by atoms with Crippen molar-refractivity contribution >= 4 is 40.3 Å². The summed E-state index contributed by atoms with van der Waals surface area (Å²) in [5, 5.41) is 0. The molecule has 0 atom stereocenters. The highest BCUT2D eigenvalue weighted by molar-refractivity contribution is 8.26. The van der Waals surface area contributed by atoms with Crippen LogP contribution in [-0.2, 0) is 4.79 Å². The summed E-state index contributed by atoms with van der Waals surface area (Å²) in [6.07, 6.45) is 1.85. The Hall–Kier alpha value is -2.51. The van der Waals surface area contributed by atoms with E-state index in [4.69, 9.17) is 26.4 Å². The lowest BCUT2D eigenvalue weighted by Gasteiger charge is -2.10. The number of thiocarbonyl (C=S) groups is 1. The number of hydrogen-bond acceptors (Lipinski definition) is 6. The quantitative estimate of drug-likeness (QED) is 0.362. The van der Waals surface area contributed by atoms with Crippen LogP contribution < -0.4 is 14.2 Å². The van der Waals surface area contributed by atoms with Crippen molar-refractivity contribution < 1.29 is 19.0 Å². The lowest BCUT2D eigenvalue weighted by molar-refractivity contribution is -0.121. The third-order valence-corrected chi connectivity index (χ3v) is 5.41. The first-order valence-electron chi connectivity index (χ1n) is 8.86. The fraction of sp³-hybridized carbons (Fsp3) is 0.238. The number of amides is 1. The van der Waals surface area contributed by atoms with Crippen molar-refractivity contribution in [3.05, 3.63) is 59.0 Å². The predicted octanol–water partition coefficient (Wildman–Crippen LogP) is 4.37. The van der Waals surface area contributed by atoms with Crippen molar-refractivity contribution in [1.82, 2.24) is 4.90 Å². The number of methoxy groups -OCH3 is 1. The Balaban J connectivity index is 1.50. The Labute approximate surface area is 174 Å². The average Bonchev–Trinajstić information content (AvgIpc) is 2.99. The molecule has 1 aliphatic rings. The van der Waals surface area contributed by atoms with E-state index in [1.807, 2.05) is 61.5 Å². The zero-order chi connectivity index (χ0) is 19.9. The van der Waals surface area contributed by atoms with Crippen LogP contribution in [0.5, 0.6) is 17.2 Å². The molecule has 0 aliphatic carbocycles. The van der Waals surface area contributed by atoms with E-state index in [0.29, 0.717) is 29.0 Å². The first-order valence-corrected chi connectivity index (χ1v) is 10.1. The summed E-state index contributed by atoms with van der Waals surface area (Å²) in [6, 6.07) is 15.0. The van der Waals surface area contributed by atoms with Gasteiger partial charge in [-0.15, -0.1) is 0 Å². The van der Waals surface area contributed by atoms with Crippen LogP contribution in [0.2, 0.25) is 0 Å². The zero-order valence-electron chi connectivity index (χ0n) is 15.7. The molecule has 1 amide bonds. The van der Waals surface area contributed by atoms with Crippen LogP contribution in [0.1, 0.15) is 12.5 Å². The Kier molecular flexibility index (Phi) is 6.95. The maximum atomic E-state index is 12.3. The van der Waals surface area contributed by atoms with Crippen molar-refractivity contribution in [2.45, 2.75) is 6.92 Å². The fourth-order valence-electron chi connectivity index (χ4n) is 2.59. The van der Waals surface area contributed by atoms with Gasteiger partial charge in [-0.3, -0.25) is 9.69 Å². The molecule has 2 aromatic carbocycles. The Bertz CT molecular complexity index is 880. The highest BCUT2D eigenvalue weighted by atomic mass is 32.2. The molecule has 0 radical (unpaired) electrons. The number of carbonyl (C=O) groups is 1. The highest BCUT2D eigenvalue weighted by Gasteiger charge is 2.30. The van der Waals surface area contributed by atoms with Crippen LogP contribution in [0.4, 0.5) is 0 Å². The molecule has 1 aliphatic heterocycles. The van der Waals surface area contributed by atoms with Crippen molar-refractivity contribution in [3.63, 3.8) is 0 Å². The van der Waals surface area contributed by atoms with Crippen molar-refractivity contribution in [2.75, 3.05) is 26.9 Å². The van der Waals surface area contributed by atoms with E-state index in [-0.39, 0.29) is 5.91 Å². The normalized spacial score (nSPS) is 15.2. The molecule has 0 saturated carbocycles. The maximum Gasteiger partial charge on any atom is 0.266 e. The van der Waals surface area contributed by atoms with Gasteiger partial charge >= 0.3 is 0 Å². The third kappa shape index (κ3) is 5.05. The van der Waals surface area contributed by atoms with Gasteiger partial charge in [0, 0.05) is 12.6 Å². The van der Waals surface area contributed by atoms with Gasteiger partial charge in [0.05, 0.1) is 12.0 Å². The smallest absolute Gasteiger partial charge is 0.266 e. The summed E-state index contributed by atoms with van der Waals surface area (Å²) >= 11 is 6.56. The first-order chi connectivity index (χ1) is 13.6. The molecule has 1 saturated heterocycles. The zero-order valence-corrected chi connectivity index (χ0v) is 17.3. The van der Waals surface area contributed by atoms with Crippen LogP contribution in [0.3, 0.4) is 0 Å². The van der Waals surface area contributed by atoms with Gasteiger partial charge in [-0.25, -0.2) is 0 Å². The van der Waals surface area contributed by atoms with Crippen molar-refractivity contribution in [1.29, 1.82) is 0 Å². The van der Waals surface area contributed by atoms with Gasteiger partial charge in [0.1, 0.15) is 34.8 Å².